The fraction of sp³-hybridized carbons (Fsp3) is 0.500. The van der Waals surface area contributed by atoms with Crippen molar-refractivity contribution in [1.82, 2.24) is 14.3 Å². The Morgan fingerprint density at radius 2 is 2.31 bits per heavy atom. The summed E-state index contributed by atoms with van der Waals surface area (Å²) in [6.45, 7) is 1.82. The van der Waals surface area contributed by atoms with E-state index in [1.807, 2.05) is 0 Å². The number of amidine groups is 1. The first kappa shape index (κ1) is 12.7. The first-order chi connectivity index (χ1) is 7.33. The van der Waals surface area contributed by atoms with Gasteiger partial charge in [0.15, 0.2) is 5.03 Å². The van der Waals surface area contributed by atoms with Crippen LogP contribution in [0, 0.1) is 12.3 Å². The number of hydrogen-bond donors (Lipinski definition) is 3. The van der Waals surface area contributed by atoms with E-state index in [4.69, 9.17) is 11.1 Å². The smallest absolute Gasteiger partial charge is 0.259 e. The highest BCUT2D eigenvalue weighted by Gasteiger charge is 2.17. The molecule has 0 aliphatic carbocycles. The minimum Gasteiger partial charge on any atom is -0.388 e. The molecule has 1 rings (SSSR count). The molecule has 1 aromatic rings. The number of nitrogens with two attached hydrogens (primary N) is 1. The Morgan fingerprint density at radius 1 is 1.69 bits per heavy atom. The van der Waals surface area contributed by atoms with Crippen molar-refractivity contribution in [2.45, 2.75) is 18.4 Å². The molecular weight excluding hydrogens is 230 g/mol. The minimum atomic E-state index is -3.59. The van der Waals surface area contributed by atoms with Crippen LogP contribution in [0.25, 0.3) is 0 Å². The van der Waals surface area contributed by atoms with Crippen LogP contribution in [0.3, 0.4) is 0 Å². The second-order valence-electron chi connectivity index (χ2n) is 3.41. The molecule has 0 amide bonds. The van der Waals surface area contributed by atoms with Gasteiger partial charge < -0.3 is 10.3 Å². The van der Waals surface area contributed by atoms with Crippen molar-refractivity contribution in [2.75, 3.05) is 6.54 Å². The maximum atomic E-state index is 11.7. The zero-order chi connectivity index (χ0) is 12.3. The molecular formula is C8H15N5O2S. The molecule has 0 atom stereocenters. The maximum absolute atomic E-state index is 11.7. The van der Waals surface area contributed by atoms with Crippen molar-refractivity contribution >= 4 is 15.9 Å². The van der Waals surface area contributed by atoms with Crippen molar-refractivity contribution in [3.63, 3.8) is 0 Å². The van der Waals surface area contributed by atoms with E-state index in [0.717, 1.165) is 0 Å². The topological polar surface area (TPSA) is 114 Å². The van der Waals surface area contributed by atoms with Gasteiger partial charge in [-0.3, -0.25) is 5.41 Å². The van der Waals surface area contributed by atoms with E-state index in [2.05, 4.69) is 9.71 Å². The molecule has 0 aliphatic rings. The average Bonchev–Trinajstić information content (AvgIpc) is 2.46. The van der Waals surface area contributed by atoms with Gasteiger partial charge in [-0.15, -0.1) is 0 Å². The zero-order valence-electron chi connectivity index (χ0n) is 9.19. The fourth-order valence-corrected chi connectivity index (χ4v) is 2.12. The lowest BCUT2D eigenvalue weighted by Gasteiger charge is -2.02. The van der Waals surface area contributed by atoms with E-state index in [-0.39, 0.29) is 23.8 Å². The Morgan fingerprint density at radius 3 is 2.75 bits per heavy atom. The summed E-state index contributed by atoms with van der Waals surface area (Å²) < 4.78 is 27.3. The first-order valence-corrected chi connectivity index (χ1v) is 6.14. The lowest BCUT2D eigenvalue weighted by atomic mass is 10.4. The second-order valence-corrected chi connectivity index (χ2v) is 5.12. The molecule has 0 fully saturated rings. The molecule has 0 unspecified atom stereocenters. The van der Waals surface area contributed by atoms with Crippen LogP contribution >= 0.6 is 0 Å². The van der Waals surface area contributed by atoms with E-state index >= 15 is 0 Å². The molecule has 7 nitrogen and oxygen atoms in total. The van der Waals surface area contributed by atoms with Gasteiger partial charge >= 0.3 is 0 Å². The van der Waals surface area contributed by atoms with Crippen molar-refractivity contribution < 1.29 is 8.42 Å². The minimum absolute atomic E-state index is 0.0175. The third-order valence-corrected chi connectivity index (χ3v) is 3.38. The standard InChI is InChI=1S/C8H15N5O2S/c1-6-12-8(5-13(6)2)16(14,15)11-4-3-7(9)10/h5,11H,3-4H2,1-2H3,(H3,9,10). The summed E-state index contributed by atoms with van der Waals surface area (Å²) in [5, 5.41) is 6.95. The number of nitrogens with one attached hydrogen (secondary N) is 2. The largest absolute Gasteiger partial charge is 0.388 e. The number of aromatic nitrogens is 2. The third-order valence-electron chi connectivity index (χ3n) is 2.05. The molecule has 0 aliphatic heterocycles. The van der Waals surface area contributed by atoms with Crippen molar-refractivity contribution in [2.24, 2.45) is 12.8 Å². The van der Waals surface area contributed by atoms with Crippen LogP contribution in [0.2, 0.25) is 0 Å². The fourth-order valence-electron chi connectivity index (χ4n) is 1.05. The highest BCUT2D eigenvalue weighted by Crippen LogP contribution is 2.06. The molecule has 0 bridgehead atoms. The number of sulfonamides is 1. The first-order valence-electron chi connectivity index (χ1n) is 4.65. The van der Waals surface area contributed by atoms with Gasteiger partial charge in [-0.2, -0.15) is 0 Å². The van der Waals surface area contributed by atoms with Crippen LogP contribution in [0.4, 0.5) is 0 Å². The van der Waals surface area contributed by atoms with Gasteiger partial charge in [-0.1, -0.05) is 0 Å². The molecule has 0 aromatic carbocycles. The quantitative estimate of drug-likeness (QED) is 0.471. The molecule has 4 N–H and O–H groups in total. The number of hydrogen-bond acceptors (Lipinski definition) is 4. The Labute approximate surface area is 94.2 Å². The molecule has 0 spiro atoms. The summed E-state index contributed by atoms with van der Waals surface area (Å²) in [6.07, 6.45) is 1.62. The molecule has 90 valence electrons. The van der Waals surface area contributed by atoms with E-state index in [0.29, 0.717) is 5.82 Å². The van der Waals surface area contributed by atoms with Crippen LogP contribution in [-0.2, 0) is 17.1 Å². The SMILES string of the molecule is Cc1nc(S(=O)(=O)NCCC(=N)N)cn1C. The predicted molar refractivity (Wildman–Crippen MR) is 59.7 cm³/mol. The van der Waals surface area contributed by atoms with Crippen LogP contribution in [0.15, 0.2) is 11.2 Å². The lowest BCUT2D eigenvalue weighted by molar-refractivity contribution is 0.579. The number of imidazole rings is 1. The van der Waals surface area contributed by atoms with Gasteiger partial charge in [-0.25, -0.2) is 18.1 Å². The van der Waals surface area contributed by atoms with Crippen LogP contribution < -0.4 is 10.5 Å². The van der Waals surface area contributed by atoms with Crippen LogP contribution in [-0.4, -0.2) is 30.3 Å². The molecule has 0 radical (unpaired) electrons. The summed E-state index contributed by atoms with van der Waals surface area (Å²) >= 11 is 0. The summed E-state index contributed by atoms with van der Waals surface area (Å²) in [7, 11) is -1.87. The average molecular weight is 245 g/mol. The van der Waals surface area contributed by atoms with Gasteiger partial charge in [0.1, 0.15) is 5.82 Å². The summed E-state index contributed by atoms with van der Waals surface area (Å²) in [5.74, 6) is 0.562. The van der Waals surface area contributed by atoms with Crippen LogP contribution in [0.5, 0.6) is 0 Å². The van der Waals surface area contributed by atoms with Gasteiger partial charge in [0.25, 0.3) is 10.0 Å². The number of nitrogens with zero attached hydrogens (tertiary/aromatic N) is 2. The monoisotopic (exact) mass is 245 g/mol. The lowest BCUT2D eigenvalue weighted by Crippen LogP contribution is -2.28. The molecule has 1 heterocycles. The summed E-state index contributed by atoms with van der Waals surface area (Å²) in [4.78, 5) is 3.91. The van der Waals surface area contributed by atoms with E-state index in [9.17, 15) is 8.42 Å². The normalized spacial score (nSPS) is 11.6. The van der Waals surface area contributed by atoms with Gasteiger partial charge in [-0.05, 0) is 6.92 Å². The second kappa shape index (κ2) is 4.62. The van der Waals surface area contributed by atoms with E-state index in [1.54, 1.807) is 18.5 Å². The van der Waals surface area contributed by atoms with E-state index in [1.165, 1.54) is 6.20 Å². The molecule has 1 aromatic heterocycles. The number of aryl methyl sites for hydroxylation is 2. The Hall–Kier alpha value is -1.41. The highest BCUT2D eigenvalue weighted by molar-refractivity contribution is 7.89. The zero-order valence-corrected chi connectivity index (χ0v) is 10.0. The summed E-state index contributed by atoms with van der Waals surface area (Å²) in [6, 6.07) is 0. The maximum Gasteiger partial charge on any atom is 0.259 e. The molecule has 8 heteroatoms. The molecule has 0 saturated carbocycles. The van der Waals surface area contributed by atoms with Gasteiger partial charge in [0.05, 0.1) is 5.84 Å². The summed E-state index contributed by atoms with van der Waals surface area (Å²) in [5.41, 5.74) is 5.12. The van der Waals surface area contributed by atoms with Crippen molar-refractivity contribution in [3.8, 4) is 0 Å². The predicted octanol–water partition coefficient (Wildman–Crippen LogP) is -0.667. The van der Waals surface area contributed by atoms with Gasteiger partial charge in [0, 0.05) is 26.2 Å². The Kier molecular flexibility index (Phi) is 3.66. The third kappa shape index (κ3) is 3.04. The Balaban J connectivity index is 2.74. The van der Waals surface area contributed by atoms with Crippen molar-refractivity contribution in [3.05, 3.63) is 12.0 Å². The number of rotatable bonds is 5. The van der Waals surface area contributed by atoms with Crippen LogP contribution in [0.1, 0.15) is 12.2 Å². The highest BCUT2D eigenvalue weighted by atomic mass is 32.2. The van der Waals surface area contributed by atoms with Crippen molar-refractivity contribution in [1.29, 1.82) is 5.41 Å². The van der Waals surface area contributed by atoms with Gasteiger partial charge in [0.2, 0.25) is 0 Å². The van der Waals surface area contributed by atoms with E-state index < -0.39 is 10.0 Å². The Bertz CT molecular complexity index is 471. The molecule has 0 saturated heterocycles. The molecule has 16 heavy (non-hydrogen) atoms.